The molecule has 3 N–H and O–H groups in total. The van der Waals surface area contributed by atoms with Crippen molar-refractivity contribution >= 4 is 27.6 Å². The van der Waals surface area contributed by atoms with Crippen LogP contribution in [0.2, 0.25) is 0 Å². The number of rotatable bonds is 3. The third kappa shape index (κ3) is 2.36. The Morgan fingerprint density at radius 3 is 2.68 bits per heavy atom. The molecule has 0 unspecified atom stereocenters. The number of aliphatic hydroxyl groups excluding tert-OH is 1. The molecule has 8 heteroatoms. The zero-order chi connectivity index (χ0) is 17.6. The lowest BCUT2D eigenvalue weighted by Gasteiger charge is -2.01. The van der Waals surface area contributed by atoms with Crippen LogP contribution in [-0.4, -0.2) is 25.0 Å². The van der Waals surface area contributed by atoms with E-state index in [1.54, 1.807) is 36.4 Å². The average molecular weight is 336 g/mol. The number of aromatic nitrogens is 3. The molecule has 0 saturated heterocycles. The van der Waals surface area contributed by atoms with Crippen LogP contribution in [0.1, 0.15) is 5.56 Å². The normalized spacial score (nSPS) is 11.2. The minimum Gasteiger partial charge on any atom is -0.392 e. The Morgan fingerprint density at radius 2 is 1.92 bits per heavy atom. The van der Waals surface area contributed by atoms with Crippen LogP contribution in [0.25, 0.3) is 33.3 Å². The summed E-state index contributed by atoms with van der Waals surface area (Å²) in [6.07, 6.45) is 0. The topological polar surface area (TPSA) is 125 Å². The van der Waals surface area contributed by atoms with Crippen molar-refractivity contribution in [2.75, 3.05) is 0 Å². The van der Waals surface area contributed by atoms with Gasteiger partial charge in [-0.15, -0.1) is 0 Å². The lowest BCUT2D eigenvalue weighted by atomic mass is 10.1. The van der Waals surface area contributed by atoms with Crippen LogP contribution < -0.4 is 5.56 Å². The van der Waals surface area contributed by atoms with Gasteiger partial charge >= 0.3 is 5.69 Å². The van der Waals surface area contributed by atoms with Gasteiger partial charge in [0.15, 0.2) is 5.69 Å². The van der Waals surface area contributed by atoms with Gasteiger partial charge in [0.1, 0.15) is 5.69 Å². The third-order valence-electron chi connectivity index (χ3n) is 4.04. The van der Waals surface area contributed by atoms with Crippen LogP contribution >= 0.6 is 0 Å². The lowest BCUT2D eigenvalue weighted by Crippen LogP contribution is -2.12. The van der Waals surface area contributed by atoms with Crippen LogP contribution in [0.5, 0.6) is 0 Å². The molecule has 2 aromatic carbocycles. The fraction of sp³-hybridized carbons (Fsp3) is 0.0588. The Morgan fingerprint density at radius 1 is 1.12 bits per heavy atom. The van der Waals surface area contributed by atoms with E-state index >= 15 is 0 Å². The first kappa shape index (κ1) is 15.0. The van der Waals surface area contributed by atoms with E-state index in [1.165, 1.54) is 6.07 Å². The molecule has 25 heavy (non-hydrogen) atoms. The van der Waals surface area contributed by atoms with Crippen molar-refractivity contribution in [2.24, 2.45) is 0 Å². The summed E-state index contributed by atoms with van der Waals surface area (Å²) in [4.78, 5) is 33.4. The molecule has 4 rings (SSSR count). The number of nitrogens with zero attached hydrogens (tertiary/aromatic N) is 2. The van der Waals surface area contributed by atoms with Crippen LogP contribution in [-0.2, 0) is 6.61 Å². The van der Waals surface area contributed by atoms with Gasteiger partial charge in [-0.25, -0.2) is 4.98 Å². The largest absolute Gasteiger partial charge is 0.392 e. The molecule has 124 valence electrons. The maximum Gasteiger partial charge on any atom is 0.304 e. The number of hydrogen-bond donors (Lipinski definition) is 3. The number of aromatic amines is 2. The van der Waals surface area contributed by atoms with E-state index in [2.05, 4.69) is 15.0 Å². The van der Waals surface area contributed by atoms with E-state index in [9.17, 15) is 20.0 Å². The van der Waals surface area contributed by atoms with E-state index in [1.807, 2.05) is 0 Å². The SMILES string of the molecule is O=c1[nH]c2ccccc2nc1-c1[nH]c2ccc(CO)cc2c1[N+](=O)[O-]. The minimum atomic E-state index is -0.550. The van der Waals surface area contributed by atoms with Crippen molar-refractivity contribution in [3.63, 3.8) is 0 Å². The lowest BCUT2D eigenvalue weighted by molar-refractivity contribution is -0.382. The van der Waals surface area contributed by atoms with E-state index in [0.29, 0.717) is 27.5 Å². The number of fused-ring (bicyclic) bond motifs is 2. The van der Waals surface area contributed by atoms with Crippen LogP contribution in [0.4, 0.5) is 5.69 Å². The number of nitro groups is 1. The zero-order valence-electron chi connectivity index (χ0n) is 12.8. The first-order chi connectivity index (χ1) is 12.1. The highest BCUT2D eigenvalue weighted by Gasteiger charge is 2.26. The summed E-state index contributed by atoms with van der Waals surface area (Å²) >= 11 is 0. The van der Waals surface area contributed by atoms with Gasteiger partial charge in [0.25, 0.3) is 5.56 Å². The Hall–Kier alpha value is -3.52. The second-order valence-corrected chi connectivity index (χ2v) is 5.58. The van der Waals surface area contributed by atoms with Crippen molar-refractivity contribution in [3.8, 4) is 11.4 Å². The molecule has 2 heterocycles. The molecule has 0 saturated carbocycles. The average Bonchev–Trinajstić information content (AvgIpc) is 2.99. The van der Waals surface area contributed by atoms with Gasteiger partial charge in [-0.1, -0.05) is 18.2 Å². The minimum absolute atomic E-state index is 0.0436. The monoisotopic (exact) mass is 336 g/mol. The number of hydrogen-bond acceptors (Lipinski definition) is 5. The molecular formula is C17H12N4O4. The molecule has 0 radical (unpaired) electrons. The van der Waals surface area contributed by atoms with Gasteiger partial charge in [-0.2, -0.15) is 0 Å². The smallest absolute Gasteiger partial charge is 0.304 e. The Bertz CT molecular complexity index is 1190. The molecule has 0 aliphatic carbocycles. The van der Waals surface area contributed by atoms with Gasteiger partial charge in [0, 0.05) is 0 Å². The number of nitrogens with one attached hydrogen (secondary N) is 2. The van der Waals surface area contributed by atoms with E-state index < -0.39 is 10.5 Å². The van der Waals surface area contributed by atoms with Crippen molar-refractivity contribution in [1.29, 1.82) is 0 Å². The van der Waals surface area contributed by atoms with E-state index in [4.69, 9.17) is 0 Å². The van der Waals surface area contributed by atoms with E-state index in [0.717, 1.165) is 0 Å². The zero-order valence-corrected chi connectivity index (χ0v) is 12.8. The predicted octanol–water partition coefficient (Wildman–Crippen LogP) is 2.47. The number of aliphatic hydroxyl groups is 1. The highest BCUT2D eigenvalue weighted by atomic mass is 16.6. The summed E-state index contributed by atoms with van der Waals surface area (Å²) in [6.45, 7) is -0.234. The van der Waals surface area contributed by atoms with Crippen molar-refractivity contribution in [2.45, 2.75) is 6.61 Å². The summed E-state index contributed by atoms with van der Waals surface area (Å²) in [5.74, 6) is 0. The first-order valence-corrected chi connectivity index (χ1v) is 7.48. The van der Waals surface area contributed by atoms with E-state index in [-0.39, 0.29) is 23.7 Å². The van der Waals surface area contributed by atoms with Gasteiger partial charge < -0.3 is 15.1 Å². The van der Waals surface area contributed by atoms with Crippen LogP contribution in [0.15, 0.2) is 47.3 Å². The van der Waals surface area contributed by atoms with Crippen molar-refractivity contribution < 1.29 is 10.0 Å². The van der Waals surface area contributed by atoms with Gasteiger partial charge in [0.2, 0.25) is 0 Å². The molecule has 0 amide bonds. The van der Waals surface area contributed by atoms with Crippen LogP contribution in [0, 0.1) is 10.1 Å². The summed E-state index contributed by atoms with van der Waals surface area (Å²) in [7, 11) is 0. The number of para-hydroxylation sites is 2. The number of benzene rings is 2. The summed E-state index contributed by atoms with van der Waals surface area (Å²) in [6, 6.07) is 11.8. The van der Waals surface area contributed by atoms with Gasteiger partial charge in [-0.05, 0) is 29.8 Å². The molecule has 8 nitrogen and oxygen atoms in total. The highest BCUT2D eigenvalue weighted by Crippen LogP contribution is 2.35. The molecule has 0 fully saturated rings. The Balaban J connectivity index is 2.07. The predicted molar refractivity (Wildman–Crippen MR) is 92.2 cm³/mol. The van der Waals surface area contributed by atoms with Gasteiger partial charge in [0.05, 0.1) is 33.5 Å². The van der Waals surface area contributed by atoms with Crippen LogP contribution in [0.3, 0.4) is 0 Å². The van der Waals surface area contributed by atoms with Crippen molar-refractivity contribution in [1.82, 2.24) is 15.0 Å². The second kappa shape index (κ2) is 5.53. The molecule has 4 aromatic rings. The first-order valence-electron chi connectivity index (χ1n) is 7.48. The fourth-order valence-electron chi connectivity index (χ4n) is 2.88. The molecule has 2 aromatic heterocycles. The van der Waals surface area contributed by atoms with Gasteiger partial charge in [-0.3, -0.25) is 14.9 Å². The fourth-order valence-corrected chi connectivity index (χ4v) is 2.88. The molecule has 0 aliphatic rings. The molecule has 0 bridgehead atoms. The molecular weight excluding hydrogens is 324 g/mol. The molecule has 0 atom stereocenters. The maximum absolute atomic E-state index is 12.4. The van der Waals surface area contributed by atoms with Crippen molar-refractivity contribution in [3.05, 3.63) is 68.5 Å². The maximum atomic E-state index is 12.4. The number of H-pyrrole nitrogens is 2. The Kier molecular flexibility index (Phi) is 3.33. The summed E-state index contributed by atoms with van der Waals surface area (Å²) in [5.41, 5.74) is 1.36. The summed E-state index contributed by atoms with van der Waals surface area (Å²) < 4.78 is 0. The molecule has 0 aliphatic heterocycles. The summed E-state index contributed by atoms with van der Waals surface area (Å²) in [5, 5.41) is 21.2. The Labute approximate surface area is 139 Å². The quantitative estimate of drug-likeness (QED) is 0.391. The highest BCUT2D eigenvalue weighted by molar-refractivity contribution is 5.97. The standard InChI is InChI=1S/C17H12N4O4/c22-8-9-5-6-11-10(7-9)16(21(24)25)14(18-11)15-17(23)20-13-4-2-1-3-12(13)19-15/h1-7,18,22H,8H2,(H,20,23). The third-order valence-corrected chi connectivity index (χ3v) is 4.04. The second-order valence-electron chi connectivity index (χ2n) is 5.58. The molecule has 0 spiro atoms.